The molecule has 2 amide bonds. The summed E-state index contributed by atoms with van der Waals surface area (Å²) in [4.78, 5) is 39.3. The van der Waals surface area contributed by atoms with E-state index in [0.29, 0.717) is 29.2 Å². The number of amides is 2. The summed E-state index contributed by atoms with van der Waals surface area (Å²) in [7, 11) is 0. The molecule has 2 N–H and O–H groups in total. The van der Waals surface area contributed by atoms with E-state index in [9.17, 15) is 14.4 Å². The third-order valence-electron chi connectivity index (χ3n) is 6.72. The van der Waals surface area contributed by atoms with Crippen molar-refractivity contribution in [2.45, 2.75) is 50.3 Å². The van der Waals surface area contributed by atoms with Crippen LogP contribution in [-0.2, 0) is 16.0 Å². The number of carbonyl (C=O) groups is 3. The molecule has 0 unspecified atom stereocenters. The van der Waals surface area contributed by atoms with Gasteiger partial charge in [0.1, 0.15) is 0 Å². The molecule has 0 aromatic heterocycles. The van der Waals surface area contributed by atoms with E-state index in [-0.39, 0.29) is 17.2 Å². The molecule has 4 rings (SSSR count). The molecule has 1 heterocycles. The van der Waals surface area contributed by atoms with Gasteiger partial charge < -0.3 is 10.0 Å². The van der Waals surface area contributed by atoms with Gasteiger partial charge in [-0.25, -0.2) is 4.79 Å². The van der Waals surface area contributed by atoms with Crippen molar-refractivity contribution in [2.24, 2.45) is 5.10 Å². The number of nitrogens with zero attached hydrogens (tertiary/aromatic N) is 3. The standard InChI is InChI=1S/C31H33ClN4O4S/c1-2-3-4-5-8-18-35-28-16-15-24(41-19-17-22-11-13-23(14-12-22)31(39)40)20-25(28)29(30(35)38)34-36(21-37)33-27-10-7-6-9-26(27)32/h6-7,9-16,20-21,33H,2-5,8,17-19H2,1H3,(H,39,40). The van der Waals surface area contributed by atoms with Crippen LogP contribution in [0.3, 0.4) is 0 Å². The van der Waals surface area contributed by atoms with Crippen LogP contribution in [0.5, 0.6) is 0 Å². The Hall–Kier alpha value is -3.82. The molecule has 0 fully saturated rings. The van der Waals surface area contributed by atoms with Crippen LogP contribution in [0.1, 0.15) is 60.5 Å². The number of nitrogens with one attached hydrogen (secondary N) is 1. The third kappa shape index (κ3) is 7.89. The zero-order valence-electron chi connectivity index (χ0n) is 22.9. The molecule has 41 heavy (non-hydrogen) atoms. The molecule has 1 aliphatic heterocycles. The summed E-state index contributed by atoms with van der Waals surface area (Å²) in [5.74, 6) is -0.424. The number of benzene rings is 3. The number of carboxylic acids is 1. The summed E-state index contributed by atoms with van der Waals surface area (Å²) in [6, 6.07) is 19.7. The van der Waals surface area contributed by atoms with Crippen molar-refractivity contribution in [3.63, 3.8) is 0 Å². The Kier molecular flexibility index (Phi) is 10.8. The number of hydrogen-bond acceptors (Lipinski definition) is 6. The number of aromatic carboxylic acids is 1. The minimum atomic E-state index is -0.943. The first-order chi connectivity index (χ1) is 19.9. The Morgan fingerprint density at radius 3 is 2.54 bits per heavy atom. The number of unbranched alkanes of at least 4 members (excludes halogenated alkanes) is 4. The average molecular weight is 593 g/mol. The number of hydrogen-bond donors (Lipinski definition) is 2. The maximum atomic E-state index is 13.6. The number of carbonyl (C=O) groups excluding carboxylic acids is 2. The first kappa shape index (κ1) is 30.1. The van der Waals surface area contributed by atoms with Gasteiger partial charge in [0, 0.05) is 22.8 Å². The fraction of sp³-hybridized carbons (Fsp3) is 0.290. The molecular formula is C31H33ClN4O4S. The molecule has 10 heteroatoms. The van der Waals surface area contributed by atoms with Gasteiger partial charge in [0.15, 0.2) is 5.71 Å². The van der Waals surface area contributed by atoms with Gasteiger partial charge in [-0.3, -0.25) is 15.0 Å². The number of hydrazine groups is 1. The monoisotopic (exact) mass is 592 g/mol. The maximum Gasteiger partial charge on any atom is 0.335 e. The Bertz CT molecular complexity index is 1410. The minimum Gasteiger partial charge on any atom is -0.478 e. The van der Waals surface area contributed by atoms with Crippen molar-refractivity contribution in [3.8, 4) is 0 Å². The molecule has 3 aromatic rings. The van der Waals surface area contributed by atoms with E-state index >= 15 is 0 Å². The molecule has 0 saturated carbocycles. The van der Waals surface area contributed by atoms with Crippen molar-refractivity contribution in [2.75, 3.05) is 22.6 Å². The van der Waals surface area contributed by atoms with E-state index in [1.165, 1.54) is 6.42 Å². The van der Waals surface area contributed by atoms with Gasteiger partial charge in [-0.2, -0.15) is 0 Å². The minimum absolute atomic E-state index is 0.187. The molecule has 0 spiro atoms. The summed E-state index contributed by atoms with van der Waals surface area (Å²) in [5.41, 5.74) is 6.31. The zero-order chi connectivity index (χ0) is 29.2. The number of thioether (sulfide) groups is 1. The smallest absolute Gasteiger partial charge is 0.335 e. The van der Waals surface area contributed by atoms with E-state index in [1.807, 2.05) is 30.3 Å². The number of aryl methyl sites for hydroxylation is 1. The molecule has 0 saturated heterocycles. The summed E-state index contributed by atoms with van der Waals surface area (Å²) in [6.07, 6.45) is 6.62. The Labute approximate surface area is 249 Å². The summed E-state index contributed by atoms with van der Waals surface area (Å²) in [5, 5.41) is 14.9. The number of para-hydroxylation sites is 1. The number of carboxylic acid groups (broad SMARTS) is 1. The van der Waals surface area contributed by atoms with Gasteiger partial charge in [-0.1, -0.05) is 68.5 Å². The van der Waals surface area contributed by atoms with Gasteiger partial charge in [0.05, 0.1) is 22.0 Å². The lowest BCUT2D eigenvalue weighted by Gasteiger charge is -2.17. The summed E-state index contributed by atoms with van der Waals surface area (Å²) < 4.78 is 0. The molecule has 0 aliphatic carbocycles. The number of halogens is 1. The van der Waals surface area contributed by atoms with E-state index in [1.54, 1.807) is 53.1 Å². The SMILES string of the molecule is CCCCCCCN1C(=O)C(=NN(C=O)Nc2ccccc2Cl)c2cc(SCCc3ccc(C(=O)O)cc3)ccc21. The van der Waals surface area contributed by atoms with E-state index in [0.717, 1.165) is 59.1 Å². The van der Waals surface area contributed by atoms with Crippen LogP contribution in [0.15, 0.2) is 76.7 Å². The van der Waals surface area contributed by atoms with Crippen molar-refractivity contribution >= 4 is 58.7 Å². The average Bonchev–Trinajstić information content (AvgIpc) is 3.23. The van der Waals surface area contributed by atoms with Crippen molar-refractivity contribution < 1.29 is 19.5 Å². The lowest BCUT2D eigenvalue weighted by molar-refractivity contribution is -0.117. The summed E-state index contributed by atoms with van der Waals surface area (Å²) >= 11 is 7.88. The van der Waals surface area contributed by atoms with Gasteiger partial charge >= 0.3 is 5.97 Å². The molecule has 3 aromatic carbocycles. The molecule has 0 atom stereocenters. The van der Waals surface area contributed by atoms with Crippen LogP contribution in [-0.4, -0.2) is 46.5 Å². The van der Waals surface area contributed by atoms with Crippen LogP contribution in [0.25, 0.3) is 0 Å². The second-order valence-electron chi connectivity index (χ2n) is 9.64. The Morgan fingerprint density at radius 1 is 1.07 bits per heavy atom. The van der Waals surface area contributed by atoms with Gasteiger partial charge in [-0.05, 0) is 60.9 Å². The highest BCUT2D eigenvalue weighted by Gasteiger charge is 2.34. The molecular weight excluding hydrogens is 560 g/mol. The van der Waals surface area contributed by atoms with Gasteiger partial charge in [-0.15, -0.1) is 22.0 Å². The van der Waals surface area contributed by atoms with Crippen LogP contribution in [0.2, 0.25) is 5.02 Å². The van der Waals surface area contributed by atoms with Crippen LogP contribution >= 0.6 is 23.4 Å². The Morgan fingerprint density at radius 2 is 1.83 bits per heavy atom. The highest BCUT2D eigenvalue weighted by Crippen LogP contribution is 2.34. The predicted molar refractivity (Wildman–Crippen MR) is 165 cm³/mol. The maximum absolute atomic E-state index is 13.6. The number of anilines is 2. The lowest BCUT2D eigenvalue weighted by atomic mass is 10.1. The normalized spacial score (nSPS) is 13.4. The zero-order valence-corrected chi connectivity index (χ0v) is 24.5. The fourth-order valence-corrected chi connectivity index (χ4v) is 5.65. The molecule has 1 aliphatic rings. The molecule has 0 bridgehead atoms. The number of hydrazone groups is 1. The highest BCUT2D eigenvalue weighted by molar-refractivity contribution is 7.99. The van der Waals surface area contributed by atoms with Crippen LogP contribution in [0.4, 0.5) is 11.4 Å². The first-order valence-electron chi connectivity index (χ1n) is 13.7. The first-order valence-corrected chi connectivity index (χ1v) is 15.0. The van der Waals surface area contributed by atoms with E-state index in [2.05, 4.69) is 17.5 Å². The second kappa shape index (κ2) is 14.7. The number of rotatable bonds is 15. The second-order valence-corrected chi connectivity index (χ2v) is 11.2. The van der Waals surface area contributed by atoms with E-state index in [4.69, 9.17) is 16.7 Å². The van der Waals surface area contributed by atoms with Crippen molar-refractivity contribution in [1.29, 1.82) is 0 Å². The summed E-state index contributed by atoms with van der Waals surface area (Å²) in [6.45, 7) is 2.75. The third-order valence-corrected chi connectivity index (χ3v) is 8.05. The molecule has 0 radical (unpaired) electrons. The predicted octanol–water partition coefficient (Wildman–Crippen LogP) is 6.88. The van der Waals surface area contributed by atoms with Crippen molar-refractivity contribution in [1.82, 2.24) is 5.12 Å². The number of fused-ring (bicyclic) bond motifs is 1. The highest BCUT2D eigenvalue weighted by atomic mass is 35.5. The van der Waals surface area contributed by atoms with Gasteiger partial charge in [0.25, 0.3) is 5.91 Å². The quantitative estimate of drug-likeness (QED) is 0.0863. The van der Waals surface area contributed by atoms with Crippen LogP contribution in [0, 0.1) is 0 Å². The van der Waals surface area contributed by atoms with Gasteiger partial charge in [0.2, 0.25) is 6.41 Å². The van der Waals surface area contributed by atoms with Crippen LogP contribution < -0.4 is 10.3 Å². The molecule has 214 valence electrons. The lowest BCUT2D eigenvalue weighted by Crippen LogP contribution is -2.33. The molecule has 8 nitrogen and oxygen atoms in total. The van der Waals surface area contributed by atoms with Crippen molar-refractivity contribution in [3.05, 3.63) is 88.4 Å². The van der Waals surface area contributed by atoms with E-state index < -0.39 is 5.97 Å². The Balaban J connectivity index is 1.53. The fourth-order valence-electron chi connectivity index (χ4n) is 4.53. The largest absolute Gasteiger partial charge is 0.478 e. The topological polar surface area (TPSA) is 102 Å².